The lowest BCUT2D eigenvalue weighted by Gasteiger charge is -2.05. The molecule has 0 aliphatic carbocycles. The van der Waals surface area contributed by atoms with Crippen LogP contribution in [0.1, 0.15) is 11.1 Å². The Balaban J connectivity index is 1.70. The minimum atomic E-state index is -0.0169. The average Bonchev–Trinajstić information content (AvgIpc) is 2.89. The van der Waals surface area contributed by atoms with Gasteiger partial charge in [-0.2, -0.15) is 5.10 Å². The van der Waals surface area contributed by atoms with E-state index in [9.17, 15) is 4.79 Å². The van der Waals surface area contributed by atoms with Gasteiger partial charge in [0.2, 0.25) is 5.91 Å². The van der Waals surface area contributed by atoms with Gasteiger partial charge in [0.25, 0.3) is 0 Å². The molecule has 0 atom stereocenters. The monoisotopic (exact) mass is 265 g/mol. The maximum atomic E-state index is 12.0. The van der Waals surface area contributed by atoms with Crippen molar-refractivity contribution in [1.29, 1.82) is 0 Å². The Morgan fingerprint density at radius 1 is 1.20 bits per heavy atom. The van der Waals surface area contributed by atoms with Gasteiger partial charge < -0.3 is 5.32 Å². The first-order chi connectivity index (χ1) is 9.70. The van der Waals surface area contributed by atoms with E-state index in [2.05, 4.69) is 15.5 Å². The predicted molar refractivity (Wildman–Crippen MR) is 79.6 cm³/mol. The number of H-pyrrole nitrogens is 1. The van der Waals surface area contributed by atoms with E-state index < -0.39 is 0 Å². The van der Waals surface area contributed by atoms with E-state index in [0.717, 1.165) is 22.2 Å². The van der Waals surface area contributed by atoms with Gasteiger partial charge in [-0.15, -0.1) is 0 Å². The highest BCUT2D eigenvalue weighted by Crippen LogP contribution is 2.17. The number of hydrogen-bond acceptors (Lipinski definition) is 2. The van der Waals surface area contributed by atoms with E-state index in [1.54, 1.807) is 6.20 Å². The largest absolute Gasteiger partial charge is 0.326 e. The number of carbonyl (C=O) groups excluding carboxylic acids is 1. The van der Waals surface area contributed by atoms with Crippen molar-refractivity contribution >= 4 is 22.5 Å². The maximum absolute atomic E-state index is 12.0. The second-order valence-electron chi connectivity index (χ2n) is 4.88. The van der Waals surface area contributed by atoms with Crippen molar-refractivity contribution in [2.45, 2.75) is 13.3 Å². The number of hydrogen-bond donors (Lipinski definition) is 2. The van der Waals surface area contributed by atoms with Crippen LogP contribution in [0.4, 0.5) is 5.69 Å². The Labute approximate surface area is 116 Å². The highest BCUT2D eigenvalue weighted by Gasteiger charge is 2.05. The summed E-state index contributed by atoms with van der Waals surface area (Å²) >= 11 is 0. The maximum Gasteiger partial charge on any atom is 0.228 e. The van der Waals surface area contributed by atoms with Gasteiger partial charge in [0.05, 0.1) is 18.1 Å². The fourth-order valence-electron chi connectivity index (χ4n) is 2.12. The molecule has 0 saturated carbocycles. The second kappa shape index (κ2) is 5.17. The molecule has 0 aliphatic heterocycles. The third-order valence-corrected chi connectivity index (χ3v) is 3.21. The summed E-state index contributed by atoms with van der Waals surface area (Å²) in [5.74, 6) is -0.0169. The van der Waals surface area contributed by atoms with E-state index in [0.29, 0.717) is 6.42 Å². The highest BCUT2D eigenvalue weighted by atomic mass is 16.1. The Morgan fingerprint density at radius 2 is 2.00 bits per heavy atom. The Bertz CT molecular complexity index is 744. The Kier molecular flexibility index (Phi) is 3.21. The minimum Gasteiger partial charge on any atom is -0.326 e. The molecule has 0 saturated heterocycles. The average molecular weight is 265 g/mol. The van der Waals surface area contributed by atoms with Crippen molar-refractivity contribution in [3.8, 4) is 0 Å². The number of fused-ring (bicyclic) bond motifs is 1. The minimum absolute atomic E-state index is 0.0169. The molecule has 4 nitrogen and oxygen atoms in total. The third kappa shape index (κ3) is 2.69. The van der Waals surface area contributed by atoms with Crippen molar-refractivity contribution in [3.05, 3.63) is 59.8 Å². The summed E-state index contributed by atoms with van der Waals surface area (Å²) in [4.78, 5) is 12.0. The lowest BCUT2D eigenvalue weighted by Crippen LogP contribution is -2.14. The third-order valence-electron chi connectivity index (χ3n) is 3.21. The Morgan fingerprint density at radius 3 is 2.80 bits per heavy atom. The van der Waals surface area contributed by atoms with Crippen LogP contribution in [0.2, 0.25) is 0 Å². The molecule has 3 aromatic rings. The fourth-order valence-corrected chi connectivity index (χ4v) is 2.12. The first kappa shape index (κ1) is 12.4. The molecule has 2 aromatic carbocycles. The number of anilines is 1. The zero-order chi connectivity index (χ0) is 13.9. The predicted octanol–water partition coefficient (Wildman–Crippen LogP) is 3.05. The van der Waals surface area contributed by atoms with Gasteiger partial charge in [0, 0.05) is 11.1 Å². The van der Waals surface area contributed by atoms with Crippen LogP contribution in [0.3, 0.4) is 0 Å². The number of aromatic nitrogens is 2. The molecule has 0 spiro atoms. The molecule has 0 radical (unpaired) electrons. The lowest BCUT2D eigenvalue weighted by atomic mass is 10.1. The molecule has 2 N–H and O–H groups in total. The number of rotatable bonds is 3. The van der Waals surface area contributed by atoms with Crippen molar-refractivity contribution in [3.63, 3.8) is 0 Å². The molecule has 1 amide bonds. The van der Waals surface area contributed by atoms with Crippen LogP contribution in [-0.2, 0) is 11.2 Å². The molecular formula is C16H15N3O. The van der Waals surface area contributed by atoms with Crippen LogP contribution in [-0.4, -0.2) is 16.1 Å². The molecule has 0 fully saturated rings. The van der Waals surface area contributed by atoms with Crippen LogP contribution in [0.5, 0.6) is 0 Å². The lowest BCUT2D eigenvalue weighted by molar-refractivity contribution is -0.115. The SMILES string of the molecule is Cc1ccc(CC(=O)Nc2ccc3[nH]ncc3c2)cc1. The molecule has 0 bridgehead atoms. The second-order valence-corrected chi connectivity index (χ2v) is 4.88. The van der Waals surface area contributed by atoms with Crippen LogP contribution in [0, 0.1) is 6.92 Å². The number of benzene rings is 2. The molecule has 0 unspecified atom stereocenters. The van der Waals surface area contributed by atoms with E-state index in [-0.39, 0.29) is 5.91 Å². The van der Waals surface area contributed by atoms with E-state index in [4.69, 9.17) is 0 Å². The molecular weight excluding hydrogens is 250 g/mol. The quantitative estimate of drug-likeness (QED) is 0.764. The topological polar surface area (TPSA) is 57.8 Å². The zero-order valence-electron chi connectivity index (χ0n) is 11.2. The number of aromatic amines is 1. The molecule has 20 heavy (non-hydrogen) atoms. The van der Waals surface area contributed by atoms with Crippen molar-refractivity contribution < 1.29 is 4.79 Å². The van der Waals surface area contributed by atoms with Crippen LogP contribution in [0.15, 0.2) is 48.7 Å². The van der Waals surface area contributed by atoms with Crippen LogP contribution < -0.4 is 5.32 Å². The molecule has 4 heteroatoms. The standard InChI is InChI=1S/C16H15N3O/c1-11-2-4-12(5-3-11)8-16(20)18-14-6-7-15-13(9-14)10-17-19-15/h2-7,9-10H,8H2,1H3,(H,17,19)(H,18,20). The number of carbonyl (C=O) groups is 1. The van der Waals surface area contributed by atoms with E-state index in [1.807, 2.05) is 49.4 Å². The van der Waals surface area contributed by atoms with Gasteiger partial charge in [-0.05, 0) is 30.7 Å². The fraction of sp³-hybridized carbons (Fsp3) is 0.125. The molecule has 100 valence electrons. The first-order valence-electron chi connectivity index (χ1n) is 6.49. The zero-order valence-corrected chi connectivity index (χ0v) is 11.2. The molecule has 3 rings (SSSR count). The van der Waals surface area contributed by atoms with E-state index in [1.165, 1.54) is 5.56 Å². The molecule has 1 aromatic heterocycles. The van der Waals surface area contributed by atoms with Crippen molar-refractivity contribution in [2.24, 2.45) is 0 Å². The summed E-state index contributed by atoms with van der Waals surface area (Å²) in [7, 11) is 0. The van der Waals surface area contributed by atoms with Gasteiger partial charge >= 0.3 is 0 Å². The molecule has 0 aliphatic rings. The number of nitrogens with one attached hydrogen (secondary N) is 2. The van der Waals surface area contributed by atoms with Gasteiger partial charge in [-0.3, -0.25) is 9.89 Å². The van der Waals surface area contributed by atoms with Gasteiger partial charge in [0.15, 0.2) is 0 Å². The van der Waals surface area contributed by atoms with Crippen molar-refractivity contribution in [2.75, 3.05) is 5.32 Å². The summed E-state index contributed by atoms with van der Waals surface area (Å²) < 4.78 is 0. The summed E-state index contributed by atoms with van der Waals surface area (Å²) in [5.41, 5.74) is 3.95. The Hall–Kier alpha value is -2.62. The summed E-state index contributed by atoms with van der Waals surface area (Å²) in [6.45, 7) is 2.03. The smallest absolute Gasteiger partial charge is 0.228 e. The van der Waals surface area contributed by atoms with E-state index >= 15 is 0 Å². The first-order valence-corrected chi connectivity index (χ1v) is 6.49. The van der Waals surface area contributed by atoms with Gasteiger partial charge in [-0.1, -0.05) is 29.8 Å². The van der Waals surface area contributed by atoms with Crippen LogP contribution >= 0.6 is 0 Å². The van der Waals surface area contributed by atoms with Gasteiger partial charge in [0.1, 0.15) is 0 Å². The summed E-state index contributed by atoms with van der Waals surface area (Å²) in [6, 6.07) is 13.7. The summed E-state index contributed by atoms with van der Waals surface area (Å²) in [5, 5.41) is 10.7. The number of aryl methyl sites for hydroxylation is 1. The normalized spacial score (nSPS) is 10.7. The molecule has 1 heterocycles. The van der Waals surface area contributed by atoms with Crippen LogP contribution in [0.25, 0.3) is 10.9 Å². The highest BCUT2D eigenvalue weighted by molar-refractivity contribution is 5.94. The summed E-state index contributed by atoms with van der Waals surface area (Å²) in [6.07, 6.45) is 2.12. The van der Waals surface area contributed by atoms with Crippen molar-refractivity contribution in [1.82, 2.24) is 10.2 Å². The van der Waals surface area contributed by atoms with Gasteiger partial charge in [-0.25, -0.2) is 0 Å². The number of nitrogens with zero attached hydrogens (tertiary/aromatic N) is 1. The number of amides is 1.